The van der Waals surface area contributed by atoms with Crippen LogP contribution in [0.25, 0.3) is 10.6 Å². The van der Waals surface area contributed by atoms with E-state index in [4.69, 9.17) is 16.4 Å². The molecule has 0 spiro atoms. The van der Waals surface area contributed by atoms with E-state index in [0.29, 0.717) is 17.3 Å². The molecule has 156 valence electrons. The van der Waals surface area contributed by atoms with Crippen LogP contribution in [0, 0.1) is 12.8 Å². The molecular weight excluding hydrogens is 398 g/mol. The number of hydrogen-bond acceptors (Lipinski definition) is 8. The second-order valence-electron chi connectivity index (χ2n) is 7.65. The number of rotatable bonds is 5. The normalized spacial score (nSPS) is 18.7. The molecule has 0 radical (unpaired) electrons. The van der Waals surface area contributed by atoms with Gasteiger partial charge in [0.1, 0.15) is 15.7 Å². The zero-order valence-electron chi connectivity index (χ0n) is 16.8. The molecule has 3 aromatic rings. The average Bonchev–Trinajstić information content (AvgIpc) is 3.25. The Bertz CT molecular complexity index is 1010. The van der Waals surface area contributed by atoms with Crippen molar-refractivity contribution in [1.82, 2.24) is 10.2 Å². The van der Waals surface area contributed by atoms with Crippen LogP contribution >= 0.6 is 11.3 Å². The van der Waals surface area contributed by atoms with Gasteiger partial charge in [0.05, 0.1) is 11.6 Å². The van der Waals surface area contributed by atoms with Crippen molar-refractivity contribution in [2.45, 2.75) is 38.5 Å². The van der Waals surface area contributed by atoms with Gasteiger partial charge in [0.25, 0.3) is 0 Å². The Kier molecular flexibility index (Phi) is 5.96. The molecule has 8 heteroatoms. The van der Waals surface area contributed by atoms with Gasteiger partial charge in [-0.1, -0.05) is 53.3 Å². The second-order valence-corrected chi connectivity index (χ2v) is 8.66. The molecule has 0 atom stereocenters. The third kappa shape index (κ3) is 4.44. The van der Waals surface area contributed by atoms with Crippen molar-refractivity contribution in [2.24, 2.45) is 11.8 Å². The smallest absolute Gasteiger partial charge is 0.337 e. The molecule has 30 heavy (non-hydrogen) atoms. The maximum Gasteiger partial charge on any atom is 0.337 e. The number of nitrogen functional groups attached to an aromatic ring is 1. The van der Waals surface area contributed by atoms with Gasteiger partial charge in [0.2, 0.25) is 0 Å². The van der Waals surface area contributed by atoms with Gasteiger partial charge in [-0.3, -0.25) is 0 Å². The van der Waals surface area contributed by atoms with Crippen LogP contribution in [0.4, 0.5) is 11.4 Å². The summed E-state index contributed by atoms with van der Waals surface area (Å²) >= 11 is 1.64. The number of hydrazine groups is 1. The van der Waals surface area contributed by atoms with Crippen LogP contribution in [0.3, 0.4) is 0 Å². The fourth-order valence-electron chi connectivity index (χ4n) is 3.70. The largest absolute Gasteiger partial charge is 0.397 e. The van der Waals surface area contributed by atoms with Crippen molar-refractivity contribution in [1.29, 1.82) is 0 Å². The lowest BCUT2D eigenvalue weighted by Gasteiger charge is -2.27. The molecule has 1 fully saturated rings. The highest BCUT2D eigenvalue weighted by atomic mass is 32.1. The van der Waals surface area contributed by atoms with Crippen LogP contribution in [-0.4, -0.2) is 16.2 Å². The molecule has 1 aliphatic rings. The van der Waals surface area contributed by atoms with E-state index < -0.39 is 0 Å². The molecule has 4 rings (SSSR count). The van der Waals surface area contributed by atoms with Crippen molar-refractivity contribution in [3.8, 4) is 10.6 Å². The first-order valence-electron chi connectivity index (χ1n) is 10.0. The number of benzene rings is 2. The van der Waals surface area contributed by atoms with Crippen molar-refractivity contribution < 1.29 is 9.63 Å². The summed E-state index contributed by atoms with van der Waals surface area (Å²) in [6, 6.07) is 15.3. The number of hydrogen-bond donors (Lipinski definition) is 2. The van der Waals surface area contributed by atoms with E-state index in [9.17, 15) is 4.79 Å². The number of carbonyl (C=O) groups excluding carboxylic acids is 1. The first kappa shape index (κ1) is 20.3. The van der Waals surface area contributed by atoms with E-state index in [1.165, 1.54) is 5.56 Å². The van der Waals surface area contributed by atoms with Crippen molar-refractivity contribution in [3.63, 3.8) is 0 Å². The molecule has 0 aliphatic heterocycles. The molecule has 1 aliphatic carbocycles. The summed E-state index contributed by atoms with van der Waals surface area (Å²) in [4.78, 5) is 17.9. The summed E-state index contributed by atoms with van der Waals surface area (Å²) in [5.41, 5.74) is 9.12. The number of para-hydroxylation sites is 2. The van der Waals surface area contributed by atoms with E-state index in [2.05, 4.69) is 41.4 Å². The number of anilines is 2. The van der Waals surface area contributed by atoms with Gasteiger partial charge >= 0.3 is 5.97 Å². The Balaban J connectivity index is 1.33. The van der Waals surface area contributed by atoms with Gasteiger partial charge in [0, 0.05) is 11.5 Å². The summed E-state index contributed by atoms with van der Waals surface area (Å²) in [6.07, 6.45) is 3.23. The molecule has 0 saturated heterocycles. The highest BCUT2D eigenvalue weighted by Gasteiger charge is 2.31. The van der Waals surface area contributed by atoms with Crippen LogP contribution < -0.4 is 16.7 Å². The lowest BCUT2D eigenvalue weighted by molar-refractivity contribution is -0.151. The van der Waals surface area contributed by atoms with Crippen LogP contribution in [0.2, 0.25) is 0 Å². The van der Waals surface area contributed by atoms with E-state index in [1.807, 2.05) is 0 Å². The Morgan fingerprint density at radius 1 is 1.07 bits per heavy atom. The first-order chi connectivity index (χ1) is 14.5. The monoisotopic (exact) mass is 423 g/mol. The quantitative estimate of drug-likeness (QED) is 0.359. The second kappa shape index (κ2) is 8.81. The minimum absolute atomic E-state index is 0.179. The fraction of sp³-hybridized carbons (Fsp3) is 0.318. The van der Waals surface area contributed by atoms with Gasteiger partial charge in [-0.05, 0) is 44.7 Å². The SMILES string of the molecule is Cc1ccc(-c2nnc(C3CCC(C(=O)ON(N)c4ccccc4N)CC3)s2)cc1. The summed E-state index contributed by atoms with van der Waals surface area (Å²) in [5, 5.41) is 11.7. The molecule has 2 aromatic carbocycles. The van der Waals surface area contributed by atoms with Crippen LogP contribution in [-0.2, 0) is 9.63 Å². The van der Waals surface area contributed by atoms with Crippen molar-refractivity contribution in [3.05, 3.63) is 59.1 Å². The third-order valence-electron chi connectivity index (χ3n) is 5.51. The molecule has 7 nitrogen and oxygen atoms in total. The molecule has 4 N–H and O–H groups in total. The highest BCUT2D eigenvalue weighted by Crippen LogP contribution is 2.39. The van der Waals surface area contributed by atoms with Crippen LogP contribution in [0.5, 0.6) is 0 Å². The van der Waals surface area contributed by atoms with Gasteiger partial charge in [-0.2, -0.15) is 0 Å². The number of carbonyl (C=O) groups is 1. The standard InChI is InChI=1S/C22H25N5O2S/c1-14-6-8-15(9-7-14)20-25-26-21(30-20)16-10-12-17(13-11-16)22(28)29-27(24)19-5-3-2-4-18(19)23/h2-9,16-17H,10-13,23-24H2,1H3. The minimum atomic E-state index is -0.322. The Morgan fingerprint density at radius 3 is 2.47 bits per heavy atom. The Morgan fingerprint density at radius 2 is 1.77 bits per heavy atom. The van der Waals surface area contributed by atoms with Crippen LogP contribution in [0.1, 0.15) is 42.2 Å². The lowest BCUT2D eigenvalue weighted by atomic mass is 9.82. The number of aryl methyl sites for hydroxylation is 1. The molecule has 0 bridgehead atoms. The maximum atomic E-state index is 12.5. The number of nitrogens with two attached hydrogens (primary N) is 2. The zero-order valence-corrected chi connectivity index (χ0v) is 17.6. The number of nitrogens with zero attached hydrogens (tertiary/aromatic N) is 3. The summed E-state index contributed by atoms with van der Waals surface area (Å²) in [5.74, 6) is 5.71. The summed E-state index contributed by atoms with van der Waals surface area (Å²) in [7, 11) is 0. The summed E-state index contributed by atoms with van der Waals surface area (Å²) in [6.45, 7) is 2.07. The average molecular weight is 424 g/mol. The molecule has 1 saturated carbocycles. The van der Waals surface area contributed by atoms with Gasteiger partial charge < -0.3 is 10.6 Å². The van der Waals surface area contributed by atoms with Gasteiger partial charge in [0.15, 0.2) is 0 Å². The Hall–Kier alpha value is -2.97. The molecule has 1 aromatic heterocycles. The van der Waals surface area contributed by atoms with Crippen molar-refractivity contribution in [2.75, 3.05) is 10.9 Å². The predicted molar refractivity (Wildman–Crippen MR) is 118 cm³/mol. The summed E-state index contributed by atoms with van der Waals surface area (Å²) < 4.78 is 0. The van der Waals surface area contributed by atoms with E-state index >= 15 is 0 Å². The Labute approximate surface area is 179 Å². The third-order valence-corrected chi connectivity index (χ3v) is 6.65. The molecule has 0 unspecified atom stereocenters. The van der Waals surface area contributed by atoms with Crippen LogP contribution in [0.15, 0.2) is 48.5 Å². The first-order valence-corrected chi connectivity index (χ1v) is 10.8. The fourth-order valence-corrected chi connectivity index (χ4v) is 4.71. The maximum absolute atomic E-state index is 12.5. The topological polar surface area (TPSA) is 107 Å². The zero-order chi connectivity index (χ0) is 21.1. The predicted octanol–water partition coefficient (Wildman–Crippen LogP) is 4.21. The number of aromatic nitrogens is 2. The molecular formula is C22H25N5O2S. The lowest BCUT2D eigenvalue weighted by Crippen LogP contribution is -2.37. The van der Waals surface area contributed by atoms with Gasteiger partial charge in [-0.25, -0.2) is 10.6 Å². The van der Waals surface area contributed by atoms with E-state index in [0.717, 1.165) is 46.4 Å². The van der Waals surface area contributed by atoms with E-state index in [1.54, 1.807) is 35.6 Å². The van der Waals surface area contributed by atoms with Gasteiger partial charge in [-0.15, -0.1) is 15.4 Å². The molecule has 1 heterocycles. The van der Waals surface area contributed by atoms with Crippen molar-refractivity contribution >= 4 is 28.7 Å². The molecule has 0 amide bonds. The van der Waals surface area contributed by atoms with E-state index in [-0.39, 0.29) is 11.9 Å². The highest BCUT2D eigenvalue weighted by molar-refractivity contribution is 7.14. The minimum Gasteiger partial charge on any atom is -0.397 e.